The third-order valence-corrected chi connectivity index (χ3v) is 5.93. The van der Waals surface area contributed by atoms with Gasteiger partial charge in [-0.15, -0.1) is 11.8 Å². The monoisotopic (exact) mass is 361 g/mol. The highest BCUT2D eigenvalue weighted by Gasteiger charge is 2.52. The second kappa shape index (κ2) is 5.87. The first kappa shape index (κ1) is 16.1. The predicted octanol–water partition coefficient (Wildman–Crippen LogP) is -0.700. The molecule has 1 fully saturated rings. The molecule has 8 nitrogen and oxygen atoms in total. The summed E-state index contributed by atoms with van der Waals surface area (Å²) < 4.78 is 3.74. The number of aliphatic hydroxyl groups is 1. The van der Waals surface area contributed by atoms with Gasteiger partial charge >= 0.3 is 5.97 Å². The van der Waals surface area contributed by atoms with Crippen LogP contribution in [0.25, 0.3) is 5.52 Å². The van der Waals surface area contributed by atoms with Gasteiger partial charge in [-0.3, -0.25) is 9.69 Å². The number of nitrogens with zero attached hydrogens (tertiary/aromatic N) is 3. The Morgan fingerprint density at radius 3 is 2.96 bits per heavy atom. The molecule has 0 bridgehead atoms. The van der Waals surface area contributed by atoms with E-state index in [4.69, 9.17) is 5.73 Å². The molecule has 2 atom stereocenters. The predicted molar refractivity (Wildman–Crippen MR) is 89.2 cm³/mol. The molecule has 0 spiro atoms. The number of amides is 1. The molecular weight excluding hydrogens is 344 g/mol. The number of β-lactam (4-membered cyclic amide) rings is 1. The van der Waals surface area contributed by atoms with E-state index in [1.54, 1.807) is 0 Å². The largest absolute Gasteiger partial charge is 0.477 e. The van der Waals surface area contributed by atoms with Crippen molar-refractivity contribution in [1.29, 1.82) is 0 Å². The molecule has 0 saturated carbocycles. The number of hydrogen-bond donors (Lipinski definition) is 3. The smallest absolute Gasteiger partial charge is 0.352 e. The lowest BCUT2D eigenvalue weighted by Crippen LogP contribution is -2.68. The van der Waals surface area contributed by atoms with Crippen LogP contribution in [0.3, 0.4) is 0 Å². The van der Waals surface area contributed by atoms with Gasteiger partial charge in [-0.2, -0.15) is 4.57 Å². The molecular formula is C16H17N4O4S+. The number of rotatable bonds is 4. The molecule has 9 heteroatoms. The van der Waals surface area contributed by atoms with Crippen LogP contribution in [0.5, 0.6) is 0 Å². The molecule has 2 aliphatic heterocycles. The Kier molecular flexibility index (Phi) is 3.78. The molecule has 1 saturated heterocycles. The van der Waals surface area contributed by atoms with Crippen molar-refractivity contribution in [3.8, 4) is 0 Å². The summed E-state index contributed by atoms with van der Waals surface area (Å²) in [4.78, 5) is 25.0. The second-order valence-electron chi connectivity index (χ2n) is 6.07. The van der Waals surface area contributed by atoms with Crippen molar-refractivity contribution in [3.05, 3.63) is 47.7 Å². The third-order valence-electron chi connectivity index (χ3n) is 4.57. The van der Waals surface area contributed by atoms with Crippen molar-refractivity contribution in [1.82, 2.24) is 9.30 Å². The number of carbonyl (C=O) groups is 2. The zero-order valence-electron chi connectivity index (χ0n) is 13.2. The van der Waals surface area contributed by atoms with Gasteiger partial charge in [0.1, 0.15) is 22.6 Å². The summed E-state index contributed by atoms with van der Waals surface area (Å²) in [7, 11) is 0. The number of aliphatic carboxylic acids is 1. The van der Waals surface area contributed by atoms with E-state index in [-0.39, 0.29) is 23.6 Å². The lowest BCUT2D eigenvalue weighted by atomic mass is 10.0. The summed E-state index contributed by atoms with van der Waals surface area (Å²) in [5.41, 5.74) is 8.16. The molecule has 1 amide bonds. The van der Waals surface area contributed by atoms with Crippen LogP contribution in [0.1, 0.15) is 5.69 Å². The van der Waals surface area contributed by atoms with Gasteiger partial charge in [-0.05, 0) is 12.1 Å². The van der Waals surface area contributed by atoms with E-state index < -0.39 is 12.0 Å². The highest BCUT2D eigenvalue weighted by molar-refractivity contribution is 8.00. The van der Waals surface area contributed by atoms with Crippen molar-refractivity contribution in [2.24, 2.45) is 5.73 Å². The number of fused-ring (bicyclic) bond motifs is 2. The summed E-state index contributed by atoms with van der Waals surface area (Å²) in [5, 5.41) is 18.6. The zero-order chi connectivity index (χ0) is 17.7. The van der Waals surface area contributed by atoms with Crippen molar-refractivity contribution in [2.45, 2.75) is 24.6 Å². The van der Waals surface area contributed by atoms with Crippen LogP contribution >= 0.6 is 11.8 Å². The normalized spacial score (nSPS) is 23.0. The number of thioether (sulfide) groups is 1. The molecule has 2 aliphatic rings. The molecule has 25 heavy (non-hydrogen) atoms. The average Bonchev–Trinajstić information content (AvgIpc) is 3.02. The third kappa shape index (κ3) is 2.43. The van der Waals surface area contributed by atoms with Gasteiger partial charge in [-0.1, -0.05) is 0 Å². The first-order chi connectivity index (χ1) is 12.0. The number of hydrogen-bond acceptors (Lipinski definition) is 5. The van der Waals surface area contributed by atoms with E-state index >= 15 is 0 Å². The Hall–Kier alpha value is -2.36. The first-order valence-electron chi connectivity index (χ1n) is 7.76. The standard InChI is InChI=1S/C16H16N4O4S/c17-12-14(22)20-13(16(23)24)9(8-25-15(12)20)5-18-3-4-19-10(6-18)1-2-11(19)7-21/h1-4,6,12,15,21H,5,7-8,17H2/p+1/t12?,15-/m0/s1. The fraction of sp³-hybridized carbons (Fsp3) is 0.312. The summed E-state index contributed by atoms with van der Waals surface area (Å²) in [6.07, 6.45) is 5.52. The minimum absolute atomic E-state index is 0.0502. The SMILES string of the molecule is NC1C(=O)N2C(C(=O)O)=C(C[n+]3ccn4c(CO)ccc4c3)CS[C@@H]12. The van der Waals surface area contributed by atoms with Gasteiger partial charge in [0.15, 0.2) is 18.9 Å². The highest BCUT2D eigenvalue weighted by Crippen LogP contribution is 2.39. The lowest BCUT2D eigenvalue weighted by molar-refractivity contribution is -0.688. The molecule has 1 unspecified atom stereocenters. The molecule has 4 N–H and O–H groups in total. The number of carboxylic acids is 1. The maximum atomic E-state index is 12.0. The molecule has 130 valence electrons. The van der Waals surface area contributed by atoms with Crippen LogP contribution in [-0.4, -0.2) is 48.6 Å². The number of aromatic nitrogens is 2. The second-order valence-corrected chi connectivity index (χ2v) is 7.18. The van der Waals surface area contributed by atoms with Gasteiger partial charge < -0.3 is 20.3 Å². The van der Waals surface area contributed by atoms with E-state index in [9.17, 15) is 19.8 Å². The van der Waals surface area contributed by atoms with Crippen LogP contribution < -0.4 is 10.3 Å². The average molecular weight is 361 g/mol. The Morgan fingerprint density at radius 1 is 1.44 bits per heavy atom. The number of carboxylic acid groups (broad SMARTS) is 1. The Balaban J connectivity index is 1.68. The lowest BCUT2D eigenvalue weighted by Gasteiger charge is -2.47. The minimum atomic E-state index is -1.10. The molecule has 2 aromatic heterocycles. The minimum Gasteiger partial charge on any atom is -0.477 e. The fourth-order valence-corrected chi connectivity index (χ4v) is 4.59. The summed E-state index contributed by atoms with van der Waals surface area (Å²) >= 11 is 1.49. The van der Waals surface area contributed by atoms with Crippen molar-refractivity contribution >= 4 is 29.2 Å². The molecule has 0 radical (unpaired) electrons. The zero-order valence-corrected chi connectivity index (χ0v) is 14.0. The van der Waals surface area contributed by atoms with Gasteiger partial charge in [0.25, 0.3) is 0 Å². The van der Waals surface area contributed by atoms with Gasteiger partial charge in [0.2, 0.25) is 5.91 Å². The molecule has 0 aliphatic carbocycles. The molecule has 4 heterocycles. The number of aliphatic hydroxyl groups excluding tert-OH is 1. The van der Waals surface area contributed by atoms with Crippen LogP contribution in [0.4, 0.5) is 0 Å². The molecule has 0 aromatic carbocycles. The summed E-state index contributed by atoms with van der Waals surface area (Å²) in [5.74, 6) is -0.926. The molecule has 4 rings (SSSR count). The van der Waals surface area contributed by atoms with Crippen molar-refractivity contribution < 1.29 is 24.4 Å². The van der Waals surface area contributed by atoms with E-state index in [1.165, 1.54) is 16.7 Å². The first-order valence-corrected chi connectivity index (χ1v) is 8.81. The molecule has 2 aromatic rings. The highest BCUT2D eigenvalue weighted by atomic mass is 32.2. The van der Waals surface area contributed by atoms with Gasteiger partial charge in [0, 0.05) is 17.0 Å². The van der Waals surface area contributed by atoms with Crippen LogP contribution in [0, 0.1) is 0 Å². The summed E-state index contributed by atoms with van der Waals surface area (Å²) in [6, 6.07) is 3.10. The quantitative estimate of drug-likeness (QED) is 0.490. The van der Waals surface area contributed by atoms with Crippen LogP contribution in [-0.2, 0) is 22.7 Å². The Labute approximate surface area is 147 Å². The number of carbonyl (C=O) groups excluding carboxylic acids is 1. The van der Waals surface area contributed by atoms with Gasteiger partial charge in [0.05, 0.1) is 12.8 Å². The van der Waals surface area contributed by atoms with Crippen molar-refractivity contribution in [3.63, 3.8) is 0 Å². The fourth-order valence-electron chi connectivity index (χ4n) is 3.31. The summed E-state index contributed by atoms with van der Waals surface area (Å²) in [6.45, 7) is 0.318. The topological polar surface area (TPSA) is 112 Å². The van der Waals surface area contributed by atoms with E-state index in [0.29, 0.717) is 17.9 Å². The van der Waals surface area contributed by atoms with Crippen molar-refractivity contribution in [2.75, 3.05) is 5.75 Å². The van der Waals surface area contributed by atoms with E-state index in [2.05, 4.69) is 0 Å². The Bertz CT molecular complexity index is 922. The number of nitrogens with two attached hydrogens (primary N) is 1. The van der Waals surface area contributed by atoms with E-state index in [0.717, 1.165) is 11.2 Å². The maximum Gasteiger partial charge on any atom is 0.352 e. The van der Waals surface area contributed by atoms with Gasteiger partial charge in [-0.25, -0.2) is 4.79 Å². The Morgan fingerprint density at radius 2 is 2.24 bits per heavy atom. The van der Waals surface area contributed by atoms with E-state index in [1.807, 2.05) is 39.7 Å². The van der Waals surface area contributed by atoms with Crippen LogP contribution in [0.2, 0.25) is 0 Å². The van der Waals surface area contributed by atoms with Crippen LogP contribution in [0.15, 0.2) is 42.0 Å². The maximum absolute atomic E-state index is 12.0.